The molecule has 0 amide bonds. The molecule has 1 rings (SSSR count). The number of carbonyl (C=O) groups excluding carboxylic acids is 1. The maximum atomic E-state index is 10.4. The molecule has 4 heteroatoms. The van der Waals surface area contributed by atoms with Gasteiger partial charge < -0.3 is 4.74 Å². The molecule has 70 valence electrons. The molecule has 1 aromatic rings. The highest BCUT2D eigenvalue weighted by Gasteiger charge is 1.96. The summed E-state index contributed by atoms with van der Waals surface area (Å²) in [5.41, 5.74) is 1.01. The Morgan fingerprint density at radius 2 is 2.38 bits per heavy atom. The van der Waals surface area contributed by atoms with Crippen molar-refractivity contribution in [2.45, 2.75) is 13.3 Å². The van der Waals surface area contributed by atoms with Crippen molar-refractivity contribution in [3.05, 3.63) is 29.0 Å². The molecule has 0 bridgehead atoms. The second-order valence-electron chi connectivity index (χ2n) is 2.58. The van der Waals surface area contributed by atoms with Crippen LogP contribution in [0, 0.1) is 0 Å². The molecule has 1 aromatic heterocycles. The van der Waals surface area contributed by atoms with Gasteiger partial charge in [-0.1, -0.05) is 17.7 Å². The SMILES string of the molecule is CC(=O)OCCc1ccc(Cl)nc1. The molecule has 0 aliphatic heterocycles. The number of aromatic nitrogens is 1. The van der Waals surface area contributed by atoms with Crippen LogP contribution in [-0.2, 0) is 16.0 Å². The van der Waals surface area contributed by atoms with Crippen molar-refractivity contribution >= 4 is 17.6 Å². The van der Waals surface area contributed by atoms with Crippen LogP contribution in [0.15, 0.2) is 18.3 Å². The average molecular weight is 200 g/mol. The van der Waals surface area contributed by atoms with Gasteiger partial charge in [-0.15, -0.1) is 0 Å². The van der Waals surface area contributed by atoms with Crippen LogP contribution in [0.1, 0.15) is 12.5 Å². The van der Waals surface area contributed by atoms with Gasteiger partial charge in [-0.05, 0) is 11.6 Å². The fraction of sp³-hybridized carbons (Fsp3) is 0.333. The van der Waals surface area contributed by atoms with E-state index in [1.165, 1.54) is 6.92 Å². The van der Waals surface area contributed by atoms with E-state index < -0.39 is 0 Å². The minimum absolute atomic E-state index is 0.262. The van der Waals surface area contributed by atoms with Crippen LogP contribution in [0.25, 0.3) is 0 Å². The summed E-state index contributed by atoms with van der Waals surface area (Å²) in [5, 5.41) is 0.469. The molecule has 0 saturated carbocycles. The molecule has 0 fully saturated rings. The maximum absolute atomic E-state index is 10.4. The number of rotatable bonds is 3. The average Bonchev–Trinajstić information content (AvgIpc) is 2.08. The van der Waals surface area contributed by atoms with E-state index in [9.17, 15) is 4.79 Å². The molecule has 0 aliphatic rings. The zero-order chi connectivity index (χ0) is 9.68. The van der Waals surface area contributed by atoms with Gasteiger partial charge in [-0.3, -0.25) is 4.79 Å². The molecule has 0 unspecified atom stereocenters. The molecular formula is C9H10ClNO2. The summed E-state index contributed by atoms with van der Waals surface area (Å²) in [6.45, 7) is 1.78. The number of hydrogen-bond acceptors (Lipinski definition) is 3. The van der Waals surface area contributed by atoms with Gasteiger partial charge in [0.2, 0.25) is 0 Å². The molecule has 1 heterocycles. The first-order valence-electron chi connectivity index (χ1n) is 3.92. The van der Waals surface area contributed by atoms with Crippen molar-refractivity contribution < 1.29 is 9.53 Å². The van der Waals surface area contributed by atoms with Gasteiger partial charge in [-0.2, -0.15) is 0 Å². The number of ether oxygens (including phenoxy) is 1. The topological polar surface area (TPSA) is 39.2 Å². The van der Waals surface area contributed by atoms with Gasteiger partial charge in [0.1, 0.15) is 5.15 Å². The zero-order valence-corrected chi connectivity index (χ0v) is 8.04. The Bertz CT molecular complexity index is 284. The van der Waals surface area contributed by atoms with E-state index in [-0.39, 0.29) is 5.97 Å². The van der Waals surface area contributed by atoms with Crippen molar-refractivity contribution in [2.24, 2.45) is 0 Å². The number of halogens is 1. The van der Waals surface area contributed by atoms with Gasteiger partial charge in [0.15, 0.2) is 0 Å². The van der Waals surface area contributed by atoms with E-state index in [1.807, 2.05) is 6.07 Å². The fourth-order valence-electron chi connectivity index (χ4n) is 0.867. The Hall–Kier alpha value is -1.09. The summed E-state index contributed by atoms with van der Waals surface area (Å²) in [4.78, 5) is 14.3. The Labute approximate surface area is 81.7 Å². The fourth-order valence-corrected chi connectivity index (χ4v) is 0.979. The summed E-state index contributed by atoms with van der Waals surface area (Å²) in [5.74, 6) is -0.262. The first kappa shape index (κ1) is 9.99. The molecule has 0 radical (unpaired) electrons. The van der Waals surface area contributed by atoms with Crippen molar-refractivity contribution in [3.8, 4) is 0 Å². The second-order valence-corrected chi connectivity index (χ2v) is 2.97. The lowest BCUT2D eigenvalue weighted by Crippen LogP contribution is -2.03. The maximum Gasteiger partial charge on any atom is 0.302 e. The van der Waals surface area contributed by atoms with Gasteiger partial charge in [0.05, 0.1) is 6.61 Å². The van der Waals surface area contributed by atoms with Crippen LogP contribution >= 0.6 is 11.6 Å². The highest BCUT2D eigenvalue weighted by Crippen LogP contribution is 2.05. The lowest BCUT2D eigenvalue weighted by Gasteiger charge is -2.01. The second kappa shape index (κ2) is 4.82. The number of nitrogens with zero attached hydrogens (tertiary/aromatic N) is 1. The number of carbonyl (C=O) groups is 1. The first-order chi connectivity index (χ1) is 6.18. The standard InChI is InChI=1S/C9H10ClNO2/c1-7(12)13-5-4-8-2-3-9(10)11-6-8/h2-3,6H,4-5H2,1H3. The van der Waals surface area contributed by atoms with Gasteiger partial charge in [0, 0.05) is 19.5 Å². The van der Waals surface area contributed by atoms with Crippen molar-refractivity contribution in [1.82, 2.24) is 4.98 Å². The molecule has 0 atom stereocenters. The molecule has 0 saturated heterocycles. The van der Waals surface area contributed by atoms with E-state index >= 15 is 0 Å². The number of hydrogen-bond donors (Lipinski definition) is 0. The molecule has 0 aliphatic carbocycles. The van der Waals surface area contributed by atoms with Gasteiger partial charge in [-0.25, -0.2) is 4.98 Å². The van der Waals surface area contributed by atoms with Crippen LogP contribution in [0.2, 0.25) is 5.15 Å². The van der Waals surface area contributed by atoms with Crippen molar-refractivity contribution in [2.75, 3.05) is 6.61 Å². The minimum atomic E-state index is -0.262. The van der Waals surface area contributed by atoms with Crippen LogP contribution in [0.4, 0.5) is 0 Å². The highest BCUT2D eigenvalue weighted by molar-refractivity contribution is 6.29. The lowest BCUT2D eigenvalue weighted by molar-refractivity contribution is -0.140. The zero-order valence-electron chi connectivity index (χ0n) is 7.29. The molecule has 0 N–H and O–H groups in total. The molecule has 3 nitrogen and oxygen atoms in total. The van der Waals surface area contributed by atoms with E-state index in [1.54, 1.807) is 12.3 Å². The Morgan fingerprint density at radius 1 is 1.62 bits per heavy atom. The van der Waals surface area contributed by atoms with E-state index in [2.05, 4.69) is 4.98 Å². The lowest BCUT2D eigenvalue weighted by atomic mass is 10.2. The summed E-state index contributed by atoms with van der Waals surface area (Å²) in [6, 6.07) is 3.57. The Kier molecular flexibility index (Phi) is 3.71. The monoisotopic (exact) mass is 199 g/mol. The van der Waals surface area contributed by atoms with Crippen LogP contribution in [0.5, 0.6) is 0 Å². The summed E-state index contributed by atoms with van der Waals surface area (Å²) < 4.78 is 4.78. The normalized spacial score (nSPS) is 9.69. The van der Waals surface area contributed by atoms with Crippen LogP contribution in [-0.4, -0.2) is 17.6 Å². The smallest absolute Gasteiger partial charge is 0.302 e. The number of pyridine rings is 1. The van der Waals surface area contributed by atoms with Crippen molar-refractivity contribution in [3.63, 3.8) is 0 Å². The Balaban J connectivity index is 2.37. The minimum Gasteiger partial charge on any atom is -0.466 e. The molecule has 0 aromatic carbocycles. The molecule has 0 spiro atoms. The summed E-state index contributed by atoms with van der Waals surface area (Å²) in [7, 11) is 0. The third kappa shape index (κ3) is 3.90. The van der Waals surface area contributed by atoms with Crippen molar-refractivity contribution in [1.29, 1.82) is 0 Å². The third-order valence-corrected chi connectivity index (χ3v) is 1.71. The highest BCUT2D eigenvalue weighted by atomic mass is 35.5. The first-order valence-corrected chi connectivity index (χ1v) is 4.30. The number of esters is 1. The molecular weight excluding hydrogens is 190 g/mol. The molecule has 13 heavy (non-hydrogen) atoms. The van der Waals surface area contributed by atoms with Gasteiger partial charge in [0.25, 0.3) is 0 Å². The van der Waals surface area contributed by atoms with E-state index in [0.717, 1.165) is 5.56 Å². The Morgan fingerprint density at radius 3 is 2.92 bits per heavy atom. The summed E-state index contributed by atoms with van der Waals surface area (Å²) in [6.07, 6.45) is 2.34. The largest absolute Gasteiger partial charge is 0.466 e. The quantitative estimate of drug-likeness (QED) is 0.551. The predicted octanol–water partition coefficient (Wildman–Crippen LogP) is 1.84. The summed E-state index contributed by atoms with van der Waals surface area (Å²) >= 11 is 5.60. The third-order valence-electron chi connectivity index (χ3n) is 1.48. The van der Waals surface area contributed by atoms with Crippen LogP contribution in [0.3, 0.4) is 0 Å². The van der Waals surface area contributed by atoms with E-state index in [0.29, 0.717) is 18.2 Å². The predicted molar refractivity (Wildman–Crippen MR) is 49.6 cm³/mol. The van der Waals surface area contributed by atoms with E-state index in [4.69, 9.17) is 16.3 Å². The van der Waals surface area contributed by atoms with Crippen LogP contribution < -0.4 is 0 Å². The van der Waals surface area contributed by atoms with Gasteiger partial charge >= 0.3 is 5.97 Å².